The van der Waals surface area contributed by atoms with E-state index in [1.807, 2.05) is 30.5 Å². The van der Waals surface area contributed by atoms with Crippen LogP contribution in [0, 0.1) is 11.3 Å². The molecule has 1 aromatic heterocycles. The molecule has 0 radical (unpaired) electrons. The van der Waals surface area contributed by atoms with Crippen molar-refractivity contribution in [2.45, 2.75) is 69.1 Å². The summed E-state index contributed by atoms with van der Waals surface area (Å²) in [6.45, 7) is 12.3. The fourth-order valence-electron chi connectivity index (χ4n) is 5.13. The van der Waals surface area contributed by atoms with Gasteiger partial charge in [0.1, 0.15) is 0 Å². The molecule has 1 N–H and O–H groups in total. The smallest absolute Gasteiger partial charge is 0.161 e. The molecule has 35 heavy (non-hydrogen) atoms. The van der Waals surface area contributed by atoms with Gasteiger partial charge >= 0.3 is 0 Å². The lowest BCUT2D eigenvalue weighted by Crippen LogP contribution is -2.21. The summed E-state index contributed by atoms with van der Waals surface area (Å²) >= 11 is 8.12. The largest absolute Gasteiger partial charge is 0.365 e. The Kier molecular flexibility index (Phi) is 8.72. The number of aliphatic imine (C=N–C) groups is 1. The molecule has 0 saturated carbocycles. The van der Waals surface area contributed by atoms with Crippen LogP contribution in [0.15, 0.2) is 63.4 Å². The van der Waals surface area contributed by atoms with Crippen LogP contribution in [0.4, 0.5) is 0 Å². The second-order valence-corrected chi connectivity index (χ2v) is 13.2. The van der Waals surface area contributed by atoms with Gasteiger partial charge in [0.2, 0.25) is 0 Å². The number of amidine groups is 1. The van der Waals surface area contributed by atoms with Gasteiger partial charge in [-0.2, -0.15) is 0 Å². The third kappa shape index (κ3) is 6.55. The van der Waals surface area contributed by atoms with E-state index >= 15 is 0 Å². The quantitative estimate of drug-likeness (QED) is 0.125. The van der Waals surface area contributed by atoms with E-state index in [9.17, 15) is 0 Å². The molecule has 1 atom stereocenters. The summed E-state index contributed by atoms with van der Waals surface area (Å²) in [5, 5.41) is 4.47. The number of thiophene rings is 1. The molecule has 0 saturated heterocycles. The number of hydrogen-bond donors (Lipinski definition) is 2. The van der Waals surface area contributed by atoms with Crippen LogP contribution >= 0.6 is 35.7 Å². The molecule has 0 fully saturated rings. The lowest BCUT2D eigenvalue weighted by molar-refractivity contribution is 0.318. The molecule has 0 spiro atoms. The van der Waals surface area contributed by atoms with Gasteiger partial charge in [0.25, 0.3) is 0 Å². The number of hydrogen-bond acceptors (Lipinski definition) is 4. The van der Waals surface area contributed by atoms with Crippen molar-refractivity contribution in [1.29, 1.82) is 0 Å². The second kappa shape index (κ2) is 11.6. The van der Waals surface area contributed by atoms with Crippen molar-refractivity contribution in [3.8, 4) is 0 Å². The average molecular weight is 523 g/mol. The number of thiol groups is 1. The van der Waals surface area contributed by atoms with Crippen LogP contribution in [0.25, 0.3) is 11.6 Å². The normalized spacial score (nSPS) is 19.6. The van der Waals surface area contributed by atoms with Gasteiger partial charge in [0, 0.05) is 33.1 Å². The number of nitrogens with zero attached hydrogens (tertiary/aromatic N) is 1. The summed E-state index contributed by atoms with van der Waals surface area (Å²) in [5.74, 6) is 0.548. The number of nitrogens with one attached hydrogen (secondary N) is 1. The molecule has 0 amide bonds. The molecular formula is C30H38N2S3. The molecule has 2 nitrogen and oxygen atoms in total. The highest BCUT2D eigenvalue weighted by molar-refractivity contribution is 8.13. The van der Waals surface area contributed by atoms with Gasteiger partial charge < -0.3 is 5.32 Å². The topological polar surface area (TPSA) is 24.4 Å². The maximum Gasteiger partial charge on any atom is 0.161 e. The number of benzene rings is 1. The standard InChI is InChI=1S/C30H38N2S3/c1-6-24-26-19-30(3,4)15-14-27(26)35-28(24)25-13-12-21(17-20(25)2)9-8-16-32-29(31-5)34-23-11-7-10-22(33)18-23/h6-7,10-13,18,20,33H,1,8-9,14-17,19H2,2-5H3,(H,31,32). The Labute approximate surface area is 225 Å². The van der Waals surface area contributed by atoms with Crippen LogP contribution in [0.3, 0.4) is 0 Å². The van der Waals surface area contributed by atoms with Crippen molar-refractivity contribution < 1.29 is 0 Å². The fraction of sp³-hybridized carbons (Fsp3) is 0.433. The summed E-state index contributed by atoms with van der Waals surface area (Å²) in [5.41, 5.74) is 6.42. The van der Waals surface area contributed by atoms with E-state index in [1.165, 1.54) is 35.3 Å². The van der Waals surface area contributed by atoms with E-state index < -0.39 is 0 Å². The highest BCUT2D eigenvalue weighted by Crippen LogP contribution is 2.46. The number of aryl methyl sites for hydroxylation is 1. The number of rotatable bonds is 7. The van der Waals surface area contributed by atoms with E-state index in [0.29, 0.717) is 11.3 Å². The molecule has 1 aromatic carbocycles. The Hall–Kier alpha value is -1.69. The Morgan fingerprint density at radius 1 is 1.34 bits per heavy atom. The zero-order chi connectivity index (χ0) is 25.0. The number of allylic oxidation sites excluding steroid dienone is 4. The van der Waals surface area contributed by atoms with Gasteiger partial charge in [-0.05, 0) is 84.8 Å². The molecule has 0 bridgehead atoms. The zero-order valence-electron chi connectivity index (χ0n) is 21.5. The second-order valence-electron chi connectivity index (χ2n) is 10.5. The molecule has 5 heteroatoms. The van der Waals surface area contributed by atoms with Crippen molar-refractivity contribution in [1.82, 2.24) is 5.32 Å². The highest BCUT2D eigenvalue weighted by atomic mass is 32.2. The summed E-state index contributed by atoms with van der Waals surface area (Å²) in [6, 6.07) is 8.19. The first kappa shape index (κ1) is 26.4. The summed E-state index contributed by atoms with van der Waals surface area (Å²) in [7, 11) is 1.85. The Bertz CT molecular complexity index is 1170. The Morgan fingerprint density at radius 3 is 2.89 bits per heavy atom. The third-order valence-electron chi connectivity index (χ3n) is 7.07. The zero-order valence-corrected chi connectivity index (χ0v) is 24.0. The van der Waals surface area contributed by atoms with Crippen LogP contribution in [0.5, 0.6) is 0 Å². The Balaban J connectivity index is 1.36. The SMILES string of the molecule is C=Cc1c(C2=CC=C(CCCN/C(=N/C)Sc3cccc(S)c3)CC2C)sc2c1CC(C)(C)CC2. The lowest BCUT2D eigenvalue weighted by Gasteiger charge is -2.29. The molecule has 1 unspecified atom stereocenters. The molecular weight excluding hydrogens is 485 g/mol. The minimum absolute atomic E-state index is 0.397. The van der Waals surface area contributed by atoms with Gasteiger partial charge in [-0.15, -0.1) is 24.0 Å². The van der Waals surface area contributed by atoms with Crippen molar-refractivity contribution in [3.63, 3.8) is 0 Å². The maximum atomic E-state index is 4.43. The predicted octanol–water partition coefficient (Wildman–Crippen LogP) is 8.69. The summed E-state index contributed by atoms with van der Waals surface area (Å²) < 4.78 is 0. The molecule has 2 aromatic rings. The molecule has 2 aliphatic rings. The van der Waals surface area contributed by atoms with Crippen LogP contribution in [0.1, 0.15) is 67.3 Å². The van der Waals surface area contributed by atoms with Crippen LogP contribution in [-0.2, 0) is 12.8 Å². The van der Waals surface area contributed by atoms with Crippen molar-refractivity contribution in [3.05, 3.63) is 69.5 Å². The van der Waals surface area contributed by atoms with Crippen LogP contribution in [0.2, 0.25) is 0 Å². The number of fused-ring (bicyclic) bond motifs is 1. The van der Waals surface area contributed by atoms with Gasteiger partial charge in [-0.3, -0.25) is 4.99 Å². The van der Waals surface area contributed by atoms with Gasteiger partial charge in [0.15, 0.2) is 5.17 Å². The van der Waals surface area contributed by atoms with E-state index in [1.54, 1.807) is 27.8 Å². The van der Waals surface area contributed by atoms with E-state index in [4.69, 9.17) is 0 Å². The minimum Gasteiger partial charge on any atom is -0.365 e. The minimum atomic E-state index is 0.397. The van der Waals surface area contributed by atoms with Gasteiger partial charge in [-0.1, -0.05) is 69.0 Å². The fourth-order valence-corrected chi connectivity index (χ4v) is 7.72. The van der Waals surface area contributed by atoms with E-state index in [2.05, 4.69) is 80.6 Å². The average Bonchev–Trinajstić information content (AvgIpc) is 3.17. The van der Waals surface area contributed by atoms with Crippen molar-refractivity contribution >= 4 is 52.5 Å². The lowest BCUT2D eigenvalue weighted by atomic mass is 9.75. The monoisotopic (exact) mass is 522 g/mol. The van der Waals surface area contributed by atoms with E-state index in [0.717, 1.165) is 40.8 Å². The predicted molar refractivity (Wildman–Crippen MR) is 160 cm³/mol. The van der Waals surface area contributed by atoms with Crippen LogP contribution in [-0.4, -0.2) is 18.8 Å². The molecule has 4 rings (SSSR count). The molecule has 0 aliphatic heterocycles. The summed E-state index contributed by atoms with van der Waals surface area (Å²) in [6.07, 6.45) is 13.9. The first-order valence-corrected chi connectivity index (χ1v) is 14.7. The molecule has 1 heterocycles. The van der Waals surface area contributed by atoms with Crippen molar-refractivity contribution in [2.24, 2.45) is 16.3 Å². The summed E-state index contributed by atoms with van der Waals surface area (Å²) in [4.78, 5) is 9.61. The first-order chi connectivity index (χ1) is 16.8. The van der Waals surface area contributed by atoms with E-state index in [-0.39, 0.29) is 0 Å². The number of thioether (sulfide) groups is 1. The molecule has 186 valence electrons. The third-order valence-corrected chi connectivity index (χ3v) is 9.71. The maximum absolute atomic E-state index is 4.43. The van der Waals surface area contributed by atoms with Crippen LogP contribution < -0.4 is 5.32 Å². The van der Waals surface area contributed by atoms with Gasteiger partial charge in [0.05, 0.1) is 0 Å². The van der Waals surface area contributed by atoms with Gasteiger partial charge in [-0.25, -0.2) is 0 Å². The highest BCUT2D eigenvalue weighted by Gasteiger charge is 2.31. The Morgan fingerprint density at radius 2 is 2.17 bits per heavy atom. The first-order valence-electron chi connectivity index (χ1n) is 12.6. The van der Waals surface area contributed by atoms with Crippen molar-refractivity contribution in [2.75, 3.05) is 13.6 Å². The molecule has 2 aliphatic carbocycles.